The molecule has 0 radical (unpaired) electrons. The number of alkyl halides is 6. The van der Waals surface area contributed by atoms with Gasteiger partial charge in [-0.3, -0.25) is 0 Å². The zero-order chi connectivity index (χ0) is 22.2. The van der Waals surface area contributed by atoms with E-state index in [1.807, 2.05) is 0 Å². The van der Waals surface area contributed by atoms with Gasteiger partial charge in [0.2, 0.25) is 0 Å². The van der Waals surface area contributed by atoms with Crippen molar-refractivity contribution < 1.29 is 26.3 Å². The van der Waals surface area contributed by atoms with Crippen molar-refractivity contribution in [2.45, 2.75) is 12.4 Å². The standard InChI is InChI=1S/C20H13F6N5/c21-19(22,23)13-4-3-10-30(12-13)16-6-2-1-5-14(16)15-7-8-18(28-27-15)31-11-9-17(29-31)20(24,25)26/h1-11H,12H2. The van der Waals surface area contributed by atoms with Gasteiger partial charge >= 0.3 is 12.4 Å². The van der Waals surface area contributed by atoms with Crippen LogP contribution in [0.15, 0.2) is 72.6 Å². The number of rotatable bonds is 3. The summed E-state index contributed by atoms with van der Waals surface area (Å²) in [4.78, 5) is 1.44. The molecule has 0 unspecified atom stereocenters. The van der Waals surface area contributed by atoms with Gasteiger partial charge in [0.25, 0.3) is 0 Å². The summed E-state index contributed by atoms with van der Waals surface area (Å²) in [5.41, 5.74) is -0.404. The number of halogens is 6. The van der Waals surface area contributed by atoms with Gasteiger partial charge in [0, 0.05) is 18.0 Å². The Kier molecular flexibility index (Phi) is 5.03. The third-order valence-corrected chi connectivity index (χ3v) is 4.52. The van der Waals surface area contributed by atoms with Crippen LogP contribution in [-0.4, -0.2) is 32.7 Å². The van der Waals surface area contributed by atoms with Crippen LogP contribution in [0.2, 0.25) is 0 Å². The summed E-state index contributed by atoms with van der Waals surface area (Å²) >= 11 is 0. The molecule has 0 atom stereocenters. The SMILES string of the molecule is FC(F)(F)C1=CC=CN(c2ccccc2-c2ccc(-n3ccc(C(F)(F)F)n3)nn2)C1. The monoisotopic (exact) mass is 437 g/mol. The Morgan fingerprint density at radius 3 is 2.26 bits per heavy atom. The lowest BCUT2D eigenvalue weighted by molar-refractivity contribution is -0.141. The van der Waals surface area contributed by atoms with E-state index in [0.717, 1.165) is 23.0 Å². The maximum absolute atomic E-state index is 13.1. The molecule has 3 heterocycles. The van der Waals surface area contributed by atoms with Crippen LogP contribution in [0, 0.1) is 0 Å². The molecule has 5 nitrogen and oxygen atoms in total. The molecule has 0 spiro atoms. The van der Waals surface area contributed by atoms with Gasteiger partial charge in [-0.2, -0.15) is 31.4 Å². The second-order valence-electron chi connectivity index (χ2n) is 6.60. The van der Waals surface area contributed by atoms with E-state index in [1.54, 1.807) is 24.3 Å². The minimum Gasteiger partial charge on any atom is -0.343 e. The van der Waals surface area contributed by atoms with E-state index in [-0.39, 0.29) is 12.4 Å². The van der Waals surface area contributed by atoms with Gasteiger partial charge in [0.05, 0.1) is 23.5 Å². The summed E-state index contributed by atoms with van der Waals surface area (Å²) in [7, 11) is 0. The van der Waals surface area contributed by atoms with Gasteiger partial charge in [-0.1, -0.05) is 24.3 Å². The van der Waals surface area contributed by atoms with Crippen LogP contribution < -0.4 is 4.90 Å². The summed E-state index contributed by atoms with van der Waals surface area (Å²) in [6.07, 6.45) is -4.05. The number of allylic oxidation sites excluding steroid dienone is 2. The van der Waals surface area contributed by atoms with Gasteiger partial charge in [0.15, 0.2) is 11.5 Å². The van der Waals surface area contributed by atoms with E-state index in [1.165, 1.54) is 29.3 Å². The average molecular weight is 437 g/mol. The highest BCUT2D eigenvalue weighted by Crippen LogP contribution is 2.35. The van der Waals surface area contributed by atoms with Crippen molar-refractivity contribution in [3.05, 3.63) is 78.3 Å². The number of nitrogens with zero attached hydrogens (tertiary/aromatic N) is 5. The van der Waals surface area contributed by atoms with Crippen LogP contribution in [0.1, 0.15) is 5.69 Å². The number of para-hydroxylation sites is 1. The third kappa shape index (κ3) is 4.30. The molecule has 0 aliphatic carbocycles. The summed E-state index contributed by atoms with van der Waals surface area (Å²) in [5, 5.41) is 11.4. The molecule has 0 N–H and O–H groups in total. The van der Waals surface area contributed by atoms with Gasteiger partial charge < -0.3 is 4.90 Å². The molecule has 11 heteroatoms. The Hall–Kier alpha value is -3.63. The minimum atomic E-state index is -4.58. The molecule has 2 aromatic heterocycles. The maximum Gasteiger partial charge on any atom is 0.435 e. The molecule has 160 valence electrons. The predicted molar refractivity (Wildman–Crippen MR) is 100 cm³/mol. The summed E-state index contributed by atoms with van der Waals surface area (Å²) in [5.74, 6) is 0.0666. The Morgan fingerprint density at radius 2 is 1.61 bits per heavy atom. The van der Waals surface area contributed by atoms with Crippen molar-refractivity contribution >= 4 is 5.69 Å². The van der Waals surface area contributed by atoms with Gasteiger partial charge in [-0.05, 0) is 30.3 Å². The quantitative estimate of drug-likeness (QED) is 0.531. The number of hydrogen-bond acceptors (Lipinski definition) is 4. The lowest BCUT2D eigenvalue weighted by Gasteiger charge is -2.27. The number of benzene rings is 1. The van der Waals surface area contributed by atoms with E-state index in [4.69, 9.17) is 0 Å². The Bertz CT molecular complexity index is 1140. The second kappa shape index (κ2) is 7.56. The molecule has 3 aromatic rings. The molecule has 1 aliphatic rings. The van der Waals surface area contributed by atoms with Crippen LogP contribution >= 0.6 is 0 Å². The normalized spacial score (nSPS) is 14.6. The van der Waals surface area contributed by atoms with Gasteiger partial charge in [-0.25, -0.2) is 4.68 Å². The molecule has 0 saturated carbocycles. The van der Waals surface area contributed by atoms with Crippen molar-refractivity contribution in [3.8, 4) is 17.1 Å². The molecule has 31 heavy (non-hydrogen) atoms. The van der Waals surface area contributed by atoms with E-state index >= 15 is 0 Å². The fourth-order valence-corrected chi connectivity index (χ4v) is 3.04. The summed E-state index contributed by atoms with van der Waals surface area (Å²) in [6.45, 7) is -0.365. The number of anilines is 1. The minimum absolute atomic E-state index is 0.0666. The number of hydrogen-bond donors (Lipinski definition) is 0. The van der Waals surface area contributed by atoms with Crippen molar-refractivity contribution in [1.29, 1.82) is 0 Å². The van der Waals surface area contributed by atoms with Crippen LogP contribution in [0.25, 0.3) is 17.1 Å². The lowest BCUT2D eigenvalue weighted by Crippen LogP contribution is -2.28. The van der Waals surface area contributed by atoms with Crippen molar-refractivity contribution in [3.63, 3.8) is 0 Å². The molecule has 1 aliphatic heterocycles. The first-order chi connectivity index (χ1) is 14.6. The van der Waals surface area contributed by atoms with Crippen molar-refractivity contribution in [2.75, 3.05) is 11.4 Å². The highest BCUT2D eigenvalue weighted by molar-refractivity contribution is 5.77. The summed E-state index contributed by atoms with van der Waals surface area (Å²) in [6, 6.07) is 10.5. The van der Waals surface area contributed by atoms with Crippen molar-refractivity contribution in [2.24, 2.45) is 0 Å². The Labute approximate surface area is 171 Å². The zero-order valence-corrected chi connectivity index (χ0v) is 15.6. The fourth-order valence-electron chi connectivity index (χ4n) is 3.04. The van der Waals surface area contributed by atoms with E-state index < -0.39 is 23.6 Å². The molecule has 0 bridgehead atoms. The molecular formula is C20H13F6N5. The fraction of sp³-hybridized carbons (Fsp3) is 0.150. The van der Waals surface area contributed by atoms with E-state index in [2.05, 4.69) is 15.3 Å². The van der Waals surface area contributed by atoms with Crippen LogP contribution in [0.5, 0.6) is 0 Å². The first-order valence-electron chi connectivity index (χ1n) is 8.90. The average Bonchev–Trinajstić information content (AvgIpc) is 3.24. The van der Waals surface area contributed by atoms with Gasteiger partial charge in [0.1, 0.15) is 0 Å². The topological polar surface area (TPSA) is 46.8 Å². The highest BCUT2D eigenvalue weighted by Gasteiger charge is 2.35. The van der Waals surface area contributed by atoms with Crippen molar-refractivity contribution in [1.82, 2.24) is 20.0 Å². The smallest absolute Gasteiger partial charge is 0.343 e. The molecular weight excluding hydrogens is 424 g/mol. The first-order valence-corrected chi connectivity index (χ1v) is 8.90. The van der Waals surface area contributed by atoms with Crippen LogP contribution in [0.3, 0.4) is 0 Å². The van der Waals surface area contributed by atoms with Crippen LogP contribution in [0.4, 0.5) is 32.0 Å². The molecule has 4 rings (SSSR count). The number of aromatic nitrogens is 4. The molecule has 0 saturated heterocycles. The van der Waals surface area contributed by atoms with E-state index in [0.29, 0.717) is 16.9 Å². The zero-order valence-electron chi connectivity index (χ0n) is 15.6. The molecule has 0 amide bonds. The maximum atomic E-state index is 13.1. The largest absolute Gasteiger partial charge is 0.435 e. The molecule has 0 fully saturated rings. The highest BCUT2D eigenvalue weighted by atomic mass is 19.4. The first kappa shape index (κ1) is 20.6. The summed E-state index contributed by atoms with van der Waals surface area (Å²) < 4.78 is 78.4. The lowest BCUT2D eigenvalue weighted by atomic mass is 10.1. The van der Waals surface area contributed by atoms with E-state index in [9.17, 15) is 26.3 Å². The Morgan fingerprint density at radius 1 is 0.839 bits per heavy atom. The second-order valence-corrected chi connectivity index (χ2v) is 6.60. The van der Waals surface area contributed by atoms with Gasteiger partial charge in [-0.15, -0.1) is 10.2 Å². The molecule has 1 aromatic carbocycles. The third-order valence-electron chi connectivity index (χ3n) is 4.52. The van der Waals surface area contributed by atoms with Crippen LogP contribution in [-0.2, 0) is 6.18 Å². The Balaban J connectivity index is 1.62. The predicted octanol–water partition coefficient (Wildman–Crippen LogP) is 5.17.